The fourth-order valence-electron chi connectivity index (χ4n) is 2.27. The Hall–Kier alpha value is -2.45. The molecule has 6 nitrogen and oxygen atoms in total. The van der Waals surface area contributed by atoms with Crippen LogP contribution in [0, 0.1) is 5.92 Å². The van der Waals surface area contributed by atoms with Crippen molar-refractivity contribution in [2.24, 2.45) is 5.92 Å². The summed E-state index contributed by atoms with van der Waals surface area (Å²) < 4.78 is 6.29. The van der Waals surface area contributed by atoms with Crippen LogP contribution in [0.4, 0.5) is 11.4 Å². The minimum absolute atomic E-state index is 0.0741. The number of thiocarbonyl (C=S) groups is 1. The number of amides is 2. The molecule has 0 aromatic heterocycles. The van der Waals surface area contributed by atoms with Gasteiger partial charge in [-0.3, -0.25) is 14.9 Å². The molecule has 0 saturated heterocycles. The lowest BCUT2D eigenvalue weighted by atomic mass is 10.2. The Kier molecular flexibility index (Phi) is 8.60. The molecule has 154 valence electrons. The van der Waals surface area contributed by atoms with Gasteiger partial charge in [0.2, 0.25) is 5.91 Å². The summed E-state index contributed by atoms with van der Waals surface area (Å²) in [7, 11) is 0. The first kappa shape index (κ1) is 22.8. The lowest BCUT2D eigenvalue weighted by Gasteiger charge is -2.13. The number of hydrogen-bond acceptors (Lipinski definition) is 4. The summed E-state index contributed by atoms with van der Waals surface area (Å²) in [5.74, 6) is 0.152. The van der Waals surface area contributed by atoms with Gasteiger partial charge in [-0.05, 0) is 71.0 Å². The Morgan fingerprint density at radius 3 is 2.41 bits per heavy atom. The van der Waals surface area contributed by atoms with Crippen LogP contribution in [0.5, 0.6) is 5.75 Å². The average Bonchev–Trinajstić information content (AvgIpc) is 2.67. The SMILES string of the molecule is CCCOc1ccc(C(=O)NC(=S)Nc2cccc(NC(=O)C(C)C)c2)cc1Br. The first-order valence-corrected chi connectivity index (χ1v) is 10.5. The van der Waals surface area contributed by atoms with Gasteiger partial charge in [0, 0.05) is 22.9 Å². The van der Waals surface area contributed by atoms with Crippen LogP contribution in [0.2, 0.25) is 0 Å². The van der Waals surface area contributed by atoms with Gasteiger partial charge in [0.1, 0.15) is 5.75 Å². The van der Waals surface area contributed by atoms with Crippen LogP contribution < -0.4 is 20.7 Å². The van der Waals surface area contributed by atoms with Gasteiger partial charge in [0.25, 0.3) is 5.91 Å². The molecule has 29 heavy (non-hydrogen) atoms. The summed E-state index contributed by atoms with van der Waals surface area (Å²) in [6, 6.07) is 12.2. The van der Waals surface area contributed by atoms with Gasteiger partial charge in [-0.15, -0.1) is 0 Å². The van der Waals surface area contributed by atoms with Crippen LogP contribution in [0.3, 0.4) is 0 Å². The van der Waals surface area contributed by atoms with E-state index in [4.69, 9.17) is 17.0 Å². The van der Waals surface area contributed by atoms with Crippen molar-refractivity contribution < 1.29 is 14.3 Å². The molecule has 0 unspecified atom stereocenters. The van der Waals surface area contributed by atoms with E-state index in [-0.39, 0.29) is 22.8 Å². The Morgan fingerprint density at radius 1 is 1.10 bits per heavy atom. The third-order valence-corrected chi connectivity index (χ3v) is 4.62. The lowest BCUT2D eigenvalue weighted by Crippen LogP contribution is -2.34. The van der Waals surface area contributed by atoms with Crippen LogP contribution >= 0.6 is 28.1 Å². The molecule has 0 aliphatic carbocycles. The topological polar surface area (TPSA) is 79.5 Å². The van der Waals surface area contributed by atoms with Crippen LogP contribution in [0.15, 0.2) is 46.9 Å². The third-order valence-electron chi connectivity index (χ3n) is 3.80. The highest BCUT2D eigenvalue weighted by Crippen LogP contribution is 2.26. The first-order chi connectivity index (χ1) is 13.8. The van der Waals surface area contributed by atoms with E-state index in [0.29, 0.717) is 33.8 Å². The number of benzene rings is 2. The number of nitrogens with one attached hydrogen (secondary N) is 3. The predicted molar refractivity (Wildman–Crippen MR) is 124 cm³/mol. The van der Waals surface area contributed by atoms with Crippen molar-refractivity contribution in [1.82, 2.24) is 5.32 Å². The molecule has 2 aromatic carbocycles. The Bertz CT molecular complexity index is 902. The molecule has 0 heterocycles. The molecule has 0 aliphatic rings. The Morgan fingerprint density at radius 2 is 1.79 bits per heavy atom. The lowest BCUT2D eigenvalue weighted by molar-refractivity contribution is -0.118. The molecule has 0 aliphatic heterocycles. The quantitative estimate of drug-likeness (QED) is 0.491. The van der Waals surface area contributed by atoms with Crippen LogP contribution in [-0.4, -0.2) is 23.5 Å². The van der Waals surface area contributed by atoms with Crippen molar-refractivity contribution >= 4 is 56.4 Å². The molecular formula is C21H24BrN3O3S. The number of carbonyl (C=O) groups is 2. The molecule has 0 spiro atoms. The van der Waals surface area contributed by atoms with E-state index in [1.807, 2.05) is 20.8 Å². The van der Waals surface area contributed by atoms with Crippen molar-refractivity contribution in [3.63, 3.8) is 0 Å². The molecule has 0 saturated carbocycles. The van der Waals surface area contributed by atoms with E-state index >= 15 is 0 Å². The van der Waals surface area contributed by atoms with Gasteiger partial charge in [0.05, 0.1) is 11.1 Å². The van der Waals surface area contributed by atoms with Crippen LogP contribution in [0.1, 0.15) is 37.6 Å². The van der Waals surface area contributed by atoms with Crippen molar-refractivity contribution in [1.29, 1.82) is 0 Å². The number of halogens is 1. The minimum Gasteiger partial charge on any atom is -0.492 e. The van der Waals surface area contributed by atoms with Gasteiger partial charge in [-0.25, -0.2) is 0 Å². The van der Waals surface area contributed by atoms with Crippen molar-refractivity contribution in [2.45, 2.75) is 27.2 Å². The highest BCUT2D eigenvalue weighted by Gasteiger charge is 2.12. The summed E-state index contributed by atoms with van der Waals surface area (Å²) in [6.45, 7) is 6.28. The Balaban J connectivity index is 1.97. The molecular weight excluding hydrogens is 454 g/mol. The molecule has 3 N–H and O–H groups in total. The van der Waals surface area contributed by atoms with E-state index in [1.165, 1.54) is 0 Å². The maximum Gasteiger partial charge on any atom is 0.257 e. The summed E-state index contributed by atoms with van der Waals surface area (Å²) in [5, 5.41) is 8.57. The third kappa shape index (κ3) is 7.14. The highest BCUT2D eigenvalue weighted by atomic mass is 79.9. The number of hydrogen-bond donors (Lipinski definition) is 3. The van der Waals surface area contributed by atoms with E-state index in [0.717, 1.165) is 6.42 Å². The fraction of sp³-hybridized carbons (Fsp3) is 0.286. The van der Waals surface area contributed by atoms with Crippen LogP contribution in [0.25, 0.3) is 0 Å². The van der Waals surface area contributed by atoms with E-state index in [1.54, 1.807) is 42.5 Å². The van der Waals surface area contributed by atoms with Gasteiger partial charge in [0.15, 0.2) is 5.11 Å². The predicted octanol–water partition coefficient (Wildman–Crippen LogP) is 4.96. The van der Waals surface area contributed by atoms with Crippen molar-refractivity contribution in [2.75, 3.05) is 17.2 Å². The Labute approximate surface area is 184 Å². The monoisotopic (exact) mass is 477 g/mol. The smallest absolute Gasteiger partial charge is 0.257 e. The largest absolute Gasteiger partial charge is 0.492 e. The summed E-state index contributed by atoms with van der Waals surface area (Å²) in [4.78, 5) is 24.3. The maximum absolute atomic E-state index is 12.5. The average molecular weight is 478 g/mol. The summed E-state index contributed by atoms with van der Waals surface area (Å²) in [6.07, 6.45) is 0.900. The molecule has 0 bridgehead atoms. The normalized spacial score (nSPS) is 10.4. The van der Waals surface area contributed by atoms with Gasteiger partial charge in [-0.2, -0.15) is 0 Å². The summed E-state index contributed by atoms with van der Waals surface area (Å²) >= 11 is 8.65. The second-order valence-corrected chi connectivity index (χ2v) is 7.89. The minimum atomic E-state index is -0.338. The second kappa shape index (κ2) is 10.9. The first-order valence-electron chi connectivity index (χ1n) is 9.25. The summed E-state index contributed by atoms with van der Waals surface area (Å²) in [5.41, 5.74) is 1.75. The molecule has 2 aromatic rings. The zero-order valence-corrected chi connectivity index (χ0v) is 18.9. The van der Waals surface area contributed by atoms with Gasteiger partial charge < -0.3 is 15.4 Å². The van der Waals surface area contributed by atoms with E-state index < -0.39 is 0 Å². The molecule has 8 heteroatoms. The zero-order valence-electron chi connectivity index (χ0n) is 16.5. The standard InChI is InChI=1S/C21H24BrN3O3S/c1-4-10-28-18-9-8-14(11-17(18)22)20(27)25-21(29)24-16-7-5-6-15(12-16)23-19(26)13(2)3/h5-9,11-13H,4,10H2,1-3H3,(H,23,26)(H2,24,25,27,29). The van der Waals surface area contributed by atoms with Crippen LogP contribution in [-0.2, 0) is 4.79 Å². The number of anilines is 2. The number of ether oxygens (including phenoxy) is 1. The molecule has 0 atom stereocenters. The van der Waals surface area contributed by atoms with Crippen molar-refractivity contribution in [3.8, 4) is 5.75 Å². The number of rotatable bonds is 7. The fourth-order valence-corrected chi connectivity index (χ4v) is 2.97. The molecule has 0 radical (unpaired) electrons. The van der Waals surface area contributed by atoms with E-state index in [2.05, 4.69) is 31.9 Å². The number of carbonyl (C=O) groups excluding carboxylic acids is 2. The van der Waals surface area contributed by atoms with Gasteiger partial charge in [-0.1, -0.05) is 26.8 Å². The molecule has 2 rings (SSSR count). The highest BCUT2D eigenvalue weighted by molar-refractivity contribution is 9.10. The zero-order chi connectivity index (χ0) is 21.4. The van der Waals surface area contributed by atoms with Gasteiger partial charge >= 0.3 is 0 Å². The molecule has 2 amide bonds. The maximum atomic E-state index is 12.5. The second-order valence-electron chi connectivity index (χ2n) is 6.63. The van der Waals surface area contributed by atoms with Crippen molar-refractivity contribution in [3.05, 3.63) is 52.5 Å². The van der Waals surface area contributed by atoms with E-state index in [9.17, 15) is 9.59 Å². The molecule has 0 fully saturated rings.